The number of alkyl halides is 3. The van der Waals surface area contributed by atoms with Crippen molar-refractivity contribution in [3.63, 3.8) is 0 Å². The maximum absolute atomic E-state index is 12.5. The van der Waals surface area contributed by atoms with Crippen molar-refractivity contribution < 1.29 is 13.2 Å². The van der Waals surface area contributed by atoms with E-state index in [0.29, 0.717) is 12.0 Å². The summed E-state index contributed by atoms with van der Waals surface area (Å²) in [5.74, 6) is 0. The summed E-state index contributed by atoms with van der Waals surface area (Å²) in [6, 6.07) is 12.7. The second kappa shape index (κ2) is 5.67. The molecule has 2 aromatic rings. The monoisotopic (exact) mass is 279 g/mol. The molecular formula is C16H16F3N. The predicted octanol–water partition coefficient (Wildman–Crippen LogP) is 4.26. The second-order valence-corrected chi connectivity index (χ2v) is 4.92. The van der Waals surface area contributed by atoms with Crippen molar-refractivity contribution >= 4 is 0 Å². The minimum Gasteiger partial charge on any atom is -0.324 e. The Morgan fingerprint density at radius 1 is 1.05 bits per heavy atom. The van der Waals surface area contributed by atoms with E-state index in [-0.39, 0.29) is 6.04 Å². The summed E-state index contributed by atoms with van der Waals surface area (Å²) in [5, 5.41) is 0. The van der Waals surface area contributed by atoms with Crippen LogP contribution in [-0.4, -0.2) is 0 Å². The molecule has 0 spiro atoms. The molecule has 1 nitrogen and oxygen atoms in total. The van der Waals surface area contributed by atoms with Gasteiger partial charge in [-0.15, -0.1) is 0 Å². The van der Waals surface area contributed by atoms with Crippen molar-refractivity contribution in [2.24, 2.45) is 5.73 Å². The van der Waals surface area contributed by atoms with E-state index in [9.17, 15) is 13.2 Å². The lowest BCUT2D eigenvalue weighted by molar-refractivity contribution is -0.137. The third kappa shape index (κ3) is 3.61. The number of aryl methyl sites for hydroxylation is 1. The van der Waals surface area contributed by atoms with Crippen LogP contribution in [-0.2, 0) is 12.6 Å². The molecule has 1 unspecified atom stereocenters. The van der Waals surface area contributed by atoms with Crippen LogP contribution in [0.15, 0.2) is 48.5 Å². The fraction of sp³-hybridized carbons (Fsp3) is 0.250. The van der Waals surface area contributed by atoms with E-state index >= 15 is 0 Å². The van der Waals surface area contributed by atoms with Gasteiger partial charge in [-0.3, -0.25) is 0 Å². The smallest absolute Gasteiger partial charge is 0.324 e. The number of halogens is 3. The maximum Gasteiger partial charge on any atom is 0.416 e. The number of benzene rings is 2. The fourth-order valence-electron chi connectivity index (χ4n) is 2.13. The molecule has 0 amide bonds. The van der Waals surface area contributed by atoms with Crippen molar-refractivity contribution in [1.82, 2.24) is 0 Å². The SMILES string of the molecule is Cc1cccc(CC(N)c2ccc(C(F)(F)F)cc2)c1. The molecule has 2 N–H and O–H groups in total. The Morgan fingerprint density at radius 2 is 1.70 bits per heavy atom. The first-order valence-corrected chi connectivity index (χ1v) is 6.34. The third-order valence-corrected chi connectivity index (χ3v) is 3.20. The van der Waals surface area contributed by atoms with E-state index in [0.717, 1.165) is 23.3 Å². The molecule has 0 aliphatic rings. The molecule has 0 radical (unpaired) electrons. The largest absolute Gasteiger partial charge is 0.416 e. The van der Waals surface area contributed by atoms with Gasteiger partial charge in [-0.2, -0.15) is 13.2 Å². The van der Waals surface area contributed by atoms with Crippen LogP contribution < -0.4 is 5.73 Å². The number of hydrogen-bond donors (Lipinski definition) is 1. The van der Waals surface area contributed by atoms with Gasteiger partial charge < -0.3 is 5.73 Å². The summed E-state index contributed by atoms with van der Waals surface area (Å²) >= 11 is 0. The molecule has 20 heavy (non-hydrogen) atoms. The topological polar surface area (TPSA) is 26.0 Å². The second-order valence-electron chi connectivity index (χ2n) is 4.92. The van der Waals surface area contributed by atoms with Crippen molar-refractivity contribution in [3.05, 3.63) is 70.8 Å². The molecule has 2 aromatic carbocycles. The zero-order valence-corrected chi connectivity index (χ0v) is 11.1. The summed E-state index contributed by atoms with van der Waals surface area (Å²) in [4.78, 5) is 0. The molecule has 0 aromatic heterocycles. The average Bonchev–Trinajstić information content (AvgIpc) is 2.38. The van der Waals surface area contributed by atoms with Gasteiger partial charge in [0, 0.05) is 6.04 Å². The van der Waals surface area contributed by atoms with Gasteiger partial charge in [-0.1, -0.05) is 42.0 Å². The highest BCUT2D eigenvalue weighted by Gasteiger charge is 2.30. The minimum absolute atomic E-state index is 0.306. The van der Waals surface area contributed by atoms with E-state index in [1.807, 2.05) is 31.2 Å². The first-order chi connectivity index (χ1) is 9.36. The first-order valence-electron chi connectivity index (χ1n) is 6.34. The number of rotatable bonds is 3. The lowest BCUT2D eigenvalue weighted by Crippen LogP contribution is -2.14. The standard InChI is InChI=1S/C16H16F3N/c1-11-3-2-4-12(9-11)10-15(20)13-5-7-14(8-6-13)16(17,18)19/h2-9,15H,10,20H2,1H3. The quantitative estimate of drug-likeness (QED) is 0.892. The summed E-state index contributed by atoms with van der Waals surface area (Å²) in [6.07, 6.45) is -3.70. The summed E-state index contributed by atoms with van der Waals surface area (Å²) < 4.78 is 37.4. The molecule has 0 heterocycles. The van der Waals surface area contributed by atoms with Gasteiger partial charge in [0.05, 0.1) is 5.56 Å². The van der Waals surface area contributed by atoms with E-state index in [2.05, 4.69) is 0 Å². The summed E-state index contributed by atoms with van der Waals surface area (Å²) in [7, 11) is 0. The molecule has 0 saturated heterocycles. The van der Waals surface area contributed by atoms with Gasteiger partial charge in [0.15, 0.2) is 0 Å². The Balaban J connectivity index is 2.11. The normalized spacial score (nSPS) is 13.2. The molecular weight excluding hydrogens is 263 g/mol. The Bertz CT molecular complexity index is 573. The molecule has 4 heteroatoms. The van der Waals surface area contributed by atoms with Gasteiger partial charge >= 0.3 is 6.18 Å². The van der Waals surface area contributed by atoms with Crippen LogP contribution in [0.25, 0.3) is 0 Å². The molecule has 0 fully saturated rings. The molecule has 0 aliphatic heterocycles. The minimum atomic E-state index is -4.31. The van der Waals surface area contributed by atoms with Crippen LogP contribution in [0.2, 0.25) is 0 Å². The van der Waals surface area contributed by atoms with Crippen LogP contribution in [0.5, 0.6) is 0 Å². The van der Waals surface area contributed by atoms with E-state index in [4.69, 9.17) is 5.73 Å². The van der Waals surface area contributed by atoms with E-state index in [1.54, 1.807) is 0 Å². The highest BCUT2D eigenvalue weighted by Crippen LogP contribution is 2.30. The zero-order chi connectivity index (χ0) is 14.8. The fourth-order valence-corrected chi connectivity index (χ4v) is 2.13. The van der Waals surface area contributed by atoms with Crippen LogP contribution >= 0.6 is 0 Å². The van der Waals surface area contributed by atoms with Crippen LogP contribution in [0, 0.1) is 6.92 Å². The third-order valence-electron chi connectivity index (χ3n) is 3.20. The Labute approximate surface area is 116 Å². The number of nitrogens with two attached hydrogens (primary N) is 1. The maximum atomic E-state index is 12.5. The summed E-state index contributed by atoms with van der Waals surface area (Å²) in [5.41, 5.74) is 8.34. The van der Waals surface area contributed by atoms with Gasteiger partial charge in [-0.25, -0.2) is 0 Å². The Hall–Kier alpha value is -1.81. The van der Waals surface area contributed by atoms with Crippen LogP contribution in [0.1, 0.15) is 28.3 Å². The van der Waals surface area contributed by atoms with Crippen molar-refractivity contribution in [2.45, 2.75) is 25.6 Å². The molecule has 1 atom stereocenters. The van der Waals surface area contributed by atoms with E-state index in [1.165, 1.54) is 12.1 Å². The Morgan fingerprint density at radius 3 is 2.25 bits per heavy atom. The molecule has 0 saturated carbocycles. The Kier molecular flexibility index (Phi) is 4.14. The lowest BCUT2D eigenvalue weighted by Gasteiger charge is -2.14. The van der Waals surface area contributed by atoms with Crippen LogP contribution in [0.3, 0.4) is 0 Å². The molecule has 2 rings (SSSR count). The van der Waals surface area contributed by atoms with Gasteiger partial charge in [0.2, 0.25) is 0 Å². The van der Waals surface area contributed by atoms with Crippen molar-refractivity contribution in [2.75, 3.05) is 0 Å². The highest BCUT2D eigenvalue weighted by atomic mass is 19.4. The van der Waals surface area contributed by atoms with Crippen molar-refractivity contribution in [1.29, 1.82) is 0 Å². The molecule has 0 aliphatic carbocycles. The predicted molar refractivity (Wildman–Crippen MR) is 73.3 cm³/mol. The van der Waals surface area contributed by atoms with E-state index < -0.39 is 11.7 Å². The molecule has 0 bridgehead atoms. The molecule has 106 valence electrons. The van der Waals surface area contributed by atoms with Gasteiger partial charge in [-0.05, 0) is 36.6 Å². The van der Waals surface area contributed by atoms with Gasteiger partial charge in [0.1, 0.15) is 0 Å². The first kappa shape index (κ1) is 14.6. The van der Waals surface area contributed by atoms with Crippen LogP contribution in [0.4, 0.5) is 13.2 Å². The van der Waals surface area contributed by atoms with Crippen molar-refractivity contribution in [3.8, 4) is 0 Å². The number of hydrogen-bond acceptors (Lipinski definition) is 1. The lowest BCUT2D eigenvalue weighted by atomic mass is 9.98. The van der Waals surface area contributed by atoms with Gasteiger partial charge in [0.25, 0.3) is 0 Å². The average molecular weight is 279 g/mol. The summed E-state index contributed by atoms with van der Waals surface area (Å²) in [6.45, 7) is 1.99. The zero-order valence-electron chi connectivity index (χ0n) is 11.1. The highest BCUT2D eigenvalue weighted by molar-refractivity contribution is 5.29.